The Balaban J connectivity index is 2.40. The molecule has 0 radical (unpaired) electrons. The van der Waals surface area contributed by atoms with Crippen molar-refractivity contribution in [3.8, 4) is 0 Å². The van der Waals surface area contributed by atoms with Gasteiger partial charge in [-0.1, -0.05) is 6.07 Å². The average molecular weight is 321 g/mol. The van der Waals surface area contributed by atoms with Crippen LogP contribution in [0.4, 0.5) is 8.78 Å². The van der Waals surface area contributed by atoms with Crippen LogP contribution in [0.25, 0.3) is 0 Å². The van der Waals surface area contributed by atoms with Gasteiger partial charge in [0.25, 0.3) is 0 Å². The summed E-state index contributed by atoms with van der Waals surface area (Å²) >= 11 is 0. The van der Waals surface area contributed by atoms with Crippen molar-refractivity contribution in [1.82, 2.24) is 4.72 Å². The molecule has 1 unspecified atom stereocenters. The Morgan fingerprint density at radius 3 is 2.67 bits per heavy atom. The van der Waals surface area contributed by atoms with Crippen LogP contribution in [-0.2, 0) is 19.6 Å². The van der Waals surface area contributed by atoms with Crippen LogP contribution in [-0.4, -0.2) is 38.2 Å². The predicted octanol–water partition coefficient (Wildman–Crippen LogP) is 0.877. The molecule has 0 saturated carbocycles. The van der Waals surface area contributed by atoms with Crippen LogP contribution in [0.1, 0.15) is 12.8 Å². The van der Waals surface area contributed by atoms with E-state index in [4.69, 9.17) is 4.74 Å². The number of carboxylic acid groups (broad SMARTS) is 1. The molecule has 1 aliphatic heterocycles. The molecule has 1 atom stereocenters. The van der Waals surface area contributed by atoms with Crippen LogP contribution in [0.2, 0.25) is 0 Å². The van der Waals surface area contributed by atoms with E-state index in [-0.39, 0.29) is 13.0 Å². The summed E-state index contributed by atoms with van der Waals surface area (Å²) in [5.41, 5.74) is -1.88. The number of ether oxygens (including phenoxy) is 1. The van der Waals surface area contributed by atoms with Gasteiger partial charge in [0.1, 0.15) is 4.90 Å². The Hall–Kier alpha value is -1.58. The summed E-state index contributed by atoms with van der Waals surface area (Å²) < 4.78 is 58.0. The second-order valence-electron chi connectivity index (χ2n) is 4.70. The first-order chi connectivity index (χ1) is 9.78. The maximum Gasteiger partial charge on any atom is 0.327 e. The van der Waals surface area contributed by atoms with Crippen molar-refractivity contribution in [3.05, 3.63) is 29.8 Å². The smallest absolute Gasteiger partial charge is 0.327 e. The van der Waals surface area contributed by atoms with Crippen molar-refractivity contribution in [3.63, 3.8) is 0 Å². The van der Waals surface area contributed by atoms with Gasteiger partial charge >= 0.3 is 5.97 Å². The minimum absolute atomic E-state index is 0.00149. The minimum Gasteiger partial charge on any atom is -0.480 e. The van der Waals surface area contributed by atoms with Crippen molar-refractivity contribution in [2.24, 2.45) is 0 Å². The highest BCUT2D eigenvalue weighted by atomic mass is 32.2. The quantitative estimate of drug-likeness (QED) is 0.859. The van der Waals surface area contributed by atoms with Crippen LogP contribution < -0.4 is 4.72 Å². The Kier molecular flexibility index (Phi) is 4.26. The van der Waals surface area contributed by atoms with Gasteiger partial charge in [-0.25, -0.2) is 17.2 Å². The number of hydrogen-bond donors (Lipinski definition) is 2. The normalized spacial score (nSPS) is 23.0. The molecule has 0 spiro atoms. The molecule has 1 aromatic carbocycles. The highest BCUT2D eigenvalue weighted by Crippen LogP contribution is 2.24. The molecule has 0 aliphatic carbocycles. The minimum atomic E-state index is -4.54. The van der Waals surface area contributed by atoms with Crippen LogP contribution >= 0.6 is 0 Å². The molecule has 1 fully saturated rings. The second kappa shape index (κ2) is 5.66. The molecule has 0 amide bonds. The summed E-state index contributed by atoms with van der Waals surface area (Å²) in [6.07, 6.45) is 0.332. The maximum atomic E-state index is 13.6. The third-order valence-corrected chi connectivity index (χ3v) is 4.74. The van der Waals surface area contributed by atoms with Crippen LogP contribution in [0.5, 0.6) is 0 Å². The third kappa shape index (κ3) is 3.04. The molecule has 9 heteroatoms. The first-order valence-electron chi connectivity index (χ1n) is 6.08. The summed E-state index contributed by atoms with van der Waals surface area (Å²) in [5.74, 6) is -4.31. The number of hydrogen-bond acceptors (Lipinski definition) is 4. The molecule has 2 N–H and O–H groups in total. The van der Waals surface area contributed by atoms with Gasteiger partial charge in [0, 0.05) is 6.61 Å². The molecule has 1 heterocycles. The van der Waals surface area contributed by atoms with Gasteiger partial charge in [-0.05, 0) is 25.0 Å². The fourth-order valence-corrected chi connectivity index (χ4v) is 3.55. The summed E-state index contributed by atoms with van der Waals surface area (Å²) in [6, 6.07) is 2.66. The van der Waals surface area contributed by atoms with Crippen LogP contribution in [0.3, 0.4) is 0 Å². The van der Waals surface area contributed by atoms with Gasteiger partial charge in [0.05, 0.1) is 6.61 Å². The number of carbonyl (C=O) groups is 1. The van der Waals surface area contributed by atoms with Crippen LogP contribution in [0, 0.1) is 11.6 Å². The molecule has 0 aromatic heterocycles. The number of rotatable bonds is 4. The summed E-state index contributed by atoms with van der Waals surface area (Å²) in [4.78, 5) is 10.4. The lowest BCUT2D eigenvalue weighted by Crippen LogP contribution is -2.59. The molecule has 2 rings (SSSR count). The van der Waals surface area contributed by atoms with Crippen LogP contribution in [0.15, 0.2) is 23.1 Å². The monoisotopic (exact) mass is 321 g/mol. The van der Waals surface area contributed by atoms with E-state index in [1.807, 2.05) is 4.72 Å². The van der Waals surface area contributed by atoms with Gasteiger partial charge in [0.15, 0.2) is 17.2 Å². The zero-order chi connectivity index (χ0) is 15.7. The number of sulfonamides is 1. The molecule has 1 aromatic rings. The number of carboxylic acids is 1. The molecule has 1 aliphatic rings. The van der Waals surface area contributed by atoms with E-state index in [9.17, 15) is 27.1 Å². The number of benzene rings is 1. The van der Waals surface area contributed by atoms with E-state index >= 15 is 0 Å². The van der Waals surface area contributed by atoms with E-state index in [1.54, 1.807) is 0 Å². The summed E-state index contributed by atoms with van der Waals surface area (Å²) in [6.45, 7) is -0.0659. The standard InChI is InChI=1S/C12H13F2NO5S/c13-8-3-1-4-9(10(8)14)21(18,19)15-12(11(16)17)5-2-6-20-7-12/h1,3-4,15H,2,5-7H2,(H,16,17). The zero-order valence-electron chi connectivity index (χ0n) is 10.8. The van der Waals surface area contributed by atoms with Crippen molar-refractivity contribution in [1.29, 1.82) is 0 Å². The Bertz CT molecular complexity index is 656. The first kappa shape index (κ1) is 15.8. The molecule has 0 bridgehead atoms. The molecular formula is C12H13F2NO5S. The SMILES string of the molecule is O=C(O)C1(NS(=O)(=O)c2cccc(F)c2F)CCCOC1. The number of nitrogens with one attached hydrogen (secondary N) is 1. The highest BCUT2D eigenvalue weighted by molar-refractivity contribution is 7.89. The van der Waals surface area contributed by atoms with Crippen molar-refractivity contribution in [2.75, 3.05) is 13.2 Å². The van der Waals surface area contributed by atoms with Gasteiger partial charge in [-0.2, -0.15) is 4.72 Å². The van der Waals surface area contributed by atoms with E-state index in [1.165, 1.54) is 0 Å². The molecular weight excluding hydrogens is 308 g/mol. The average Bonchev–Trinajstić information content (AvgIpc) is 2.42. The molecule has 6 nitrogen and oxygen atoms in total. The Morgan fingerprint density at radius 1 is 1.38 bits per heavy atom. The molecule has 116 valence electrons. The number of halogens is 2. The Labute approximate surface area is 119 Å². The third-order valence-electron chi connectivity index (χ3n) is 3.19. The van der Waals surface area contributed by atoms with Gasteiger partial charge in [0.2, 0.25) is 10.0 Å². The molecule has 21 heavy (non-hydrogen) atoms. The van der Waals surface area contributed by atoms with E-state index in [2.05, 4.69) is 0 Å². The van der Waals surface area contributed by atoms with Gasteiger partial charge in [-0.15, -0.1) is 0 Å². The lowest BCUT2D eigenvalue weighted by Gasteiger charge is -2.33. The highest BCUT2D eigenvalue weighted by Gasteiger charge is 2.44. The lowest BCUT2D eigenvalue weighted by molar-refractivity contribution is -0.149. The first-order valence-corrected chi connectivity index (χ1v) is 7.56. The van der Waals surface area contributed by atoms with Crippen molar-refractivity contribution >= 4 is 16.0 Å². The van der Waals surface area contributed by atoms with Crippen molar-refractivity contribution in [2.45, 2.75) is 23.3 Å². The maximum absolute atomic E-state index is 13.6. The fourth-order valence-electron chi connectivity index (χ4n) is 2.09. The number of aliphatic carboxylic acids is 1. The summed E-state index contributed by atoms with van der Waals surface area (Å²) in [7, 11) is -4.54. The summed E-state index contributed by atoms with van der Waals surface area (Å²) in [5, 5.41) is 9.25. The van der Waals surface area contributed by atoms with E-state index in [0.29, 0.717) is 13.0 Å². The largest absolute Gasteiger partial charge is 0.480 e. The van der Waals surface area contributed by atoms with Crippen molar-refractivity contribution < 1.29 is 31.8 Å². The predicted molar refractivity (Wildman–Crippen MR) is 67.1 cm³/mol. The van der Waals surface area contributed by atoms with Gasteiger partial charge < -0.3 is 9.84 Å². The van der Waals surface area contributed by atoms with E-state index < -0.39 is 38.1 Å². The topological polar surface area (TPSA) is 92.7 Å². The van der Waals surface area contributed by atoms with E-state index in [0.717, 1.165) is 18.2 Å². The lowest BCUT2D eigenvalue weighted by atomic mass is 9.94. The molecule has 1 saturated heterocycles. The fraction of sp³-hybridized carbons (Fsp3) is 0.417. The Morgan fingerprint density at radius 2 is 2.10 bits per heavy atom. The second-order valence-corrected chi connectivity index (χ2v) is 6.35. The zero-order valence-corrected chi connectivity index (χ0v) is 11.6. The van der Waals surface area contributed by atoms with Gasteiger partial charge in [-0.3, -0.25) is 4.79 Å².